The summed E-state index contributed by atoms with van der Waals surface area (Å²) in [4.78, 5) is 10.5. The molecular weight excluding hydrogens is 226 g/mol. The summed E-state index contributed by atoms with van der Waals surface area (Å²) in [6.07, 6.45) is 0.712. The summed E-state index contributed by atoms with van der Waals surface area (Å²) in [5, 5.41) is 2.03. The maximum atomic E-state index is 10.5. The Morgan fingerprint density at radius 3 is 2.69 bits per heavy atom. The molecule has 0 saturated carbocycles. The molecule has 0 spiro atoms. The third kappa shape index (κ3) is 3.42. The van der Waals surface area contributed by atoms with Crippen molar-refractivity contribution in [3.63, 3.8) is 0 Å². The van der Waals surface area contributed by atoms with Crippen molar-refractivity contribution in [1.82, 2.24) is 5.32 Å². The van der Waals surface area contributed by atoms with Crippen LogP contribution in [0.5, 0.6) is 5.75 Å². The molecule has 0 aromatic heterocycles. The first kappa shape index (κ1) is 12.8. The van der Waals surface area contributed by atoms with Crippen molar-refractivity contribution in [3.8, 4) is 5.75 Å². The molecule has 0 aliphatic rings. The van der Waals surface area contributed by atoms with Crippen molar-refractivity contribution in [3.05, 3.63) is 28.8 Å². The molecule has 0 fully saturated rings. The molecule has 0 atom stereocenters. The number of carbonyl (C=O) groups excluding carboxylic acids is 1. The van der Waals surface area contributed by atoms with Gasteiger partial charge in [-0.3, -0.25) is 4.79 Å². The SMILES string of the molecule is COc1c(C)cc(C)cc1CCNC(=O)Cl. The van der Waals surface area contributed by atoms with Gasteiger partial charge in [-0.25, -0.2) is 0 Å². The number of hydrogen-bond donors (Lipinski definition) is 1. The highest BCUT2D eigenvalue weighted by molar-refractivity contribution is 6.62. The standard InChI is InChI=1S/C12H16ClNO2/c1-8-6-9(2)11(16-3)10(7-8)4-5-14-12(13)15/h6-7H,4-5H2,1-3H3,(H,14,15). The lowest BCUT2D eigenvalue weighted by Crippen LogP contribution is -2.19. The van der Waals surface area contributed by atoms with Crippen molar-refractivity contribution in [2.75, 3.05) is 13.7 Å². The highest BCUT2D eigenvalue weighted by Crippen LogP contribution is 2.25. The van der Waals surface area contributed by atoms with Crippen molar-refractivity contribution in [2.24, 2.45) is 0 Å². The second-order valence-corrected chi connectivity index (χ2v) is 4.07. The van der Waals surface area contributed by atoms with Gasteiger partial charge < -0.3 is 10.1 Å². The van der Waals surface area contributed by atoms with E-state index in [2.05, 4.69) is 17.4 Å². The maximum Gasteiger partial charge on any atom is 0.313 e. The van der Waals surface area contributed by atoms with E-state index >= 15 is 0 Å². The van der Waals surface area contributed by atoms with Gasteiger partial charge in [-0.05, 0) is 43.0 Å². The van der Waals surface area contributed by atoms with Crippen LogP contribution in [0.2, 0.25) is 0 Å². The Morgan fingerprint density at radius 1 is 1.44 bits per heavy atom. The maximum absolute atomic E-state index is 10.5. The first-order valence-corrected chi connectivity index (χ1v) is 5.50. The van der Waals surface area contributed by atoms with E-state index in [9.17, 15) is 4.79 Å². The van der Waals surface area contributed by atoms with Crippen LogP contribution in [0, 0.1) is 13.8 Å². The highest BCUT2D eigenvalue weighted by atomic mass is 35.5. The van der Waals surface area contributed by atoms with Crippen LogP contribution in [0.4, 0.5) is 4.79 Å². The van der Waals surface area contributed by atoms with E-state index in [0.717, 1.165) is 16.9 Å². The zero-order valence-corrected chi connectivity index (χ0v) is 10.5. The Hall–Kier alpha value is -1.22. The Balaban J connectivity index is 2.81. The minimum atomic E-state index is -0.525. The number of halogens is 1. The third-order valence-corrected chi connectivity index (χ3v) is 2.49. The van der Waals surface area contributed by atoms with Crippen LogP contribution in [0.1, 0.15) is 16.7 Å². The fourth-order valence-electron chi connectivity index (χ4n) is 1.82. The summed E-state index contributed by atoms with van der Waals surface area (Å²) in [5.41, 5.74) is 3.38. The molecule has 0 saturated heterocycles. The van der Waals surface area contributed by atoms with Gasteiger partial charge in [-0.1, -0.05) is 17.7 Å². The molecule has 1 rings (SSSR count). The van der Waals surface area contributed by atoms with Gasteiger partial charge in [-0.15, -0.1) is 0 Å². The number of carbonyl (C=O) groups is 1. The highest BCUT2D eigenvalue weighted by Gasteiger charge is 2.07. The van der Waals surface area contributed by atoms with Gasteiger partial charge in [-0.2, -0.15) is 0 Å². The van der Waals surface area contributed by atoms with E-state index < -0.39 is 5.37 Å². The summed E-state index contributed by atoms with van der Waals surface area (Å²) >= 11 is 5.20. The minimum absolute atomic E-state index is 0.515. The average molecular weight is 242 g/mol. The summed E-state index contributed by atoms with van der Waals surface area (Å²) in [7, 11) is 1.65. The lowest BCUT2D eigenvalue weighted by Gasteiger charge is -2.12. The molecule has 0 heterocycles. The Kier molecular flexibility index (Phi) is 4.62. The van der Waals surface area contributed by atoms with Crippen LogP contribution in [0.25, 0.3) is 0 Å². The molecular formula is C12H16ClNO2. The zero-order valence-electron chi connectivity index (χ0n) is 9.76. The Morgan fingerprint density at radius 2 is 2.12 bits per heavy atom. The fraction of sp³-hybridized carbons (Fsp3) is 0.417. The minimum Gasteiger partial charge on any atom is -0.496 e. The van der Waals surface area contributed by atoms with Crippen LogP contribution < -0.4 is 10.1 Å². The third-order valence-electron chi connectivity index (χ3n) is 2.36. The van der Waals surface area contributed by atoms with E-state index in [-0.39, 0.29) is 0 Å². The largest absolute Gasteiger partial charge is 0.496 e. The number of methoxy groups -OCH3 is 1. The summed E-state index contributed by atoms with van der Waals surface area (Å²) < 4.78 is 5.34. The number of nitrogens with one attached hydrogen (secondary N) is 1. The second kappa shape index (κ2) is 5.75. The quantitative estimate of drug-likeness (QED) is 0.650. The molecule has 88 valence electrons. The number of ether oxygens (including phenoxy) is 1. The van der Waals surface area contributed by atoms with Crippen molar-refractivity contribution >= 4 is 17.0 Å². The van der Waals surface area contributed by atoms with Gasteiger partial charge in [0, 0.05) is 6.54 Å². The molecule has 0 radical (unpaired) electrons. The molecule has 0 aliphatic heterocycles. The number of hydrogen-bond acceptors (Lipinski definition) is 2. The van der Waals surface area contributed by atoms with E-state index in [1.54, 1.807) is 7.11 Å². The van der Waals surface area contributed by atoms with E-state index in [4.69, 9.17) is 16.3 Å². The zero-order chi connectivity index (χ0) is 12.1. The van der Waals surface area contributed by atoms with Crippen molar-refractivity contribution in [1.29, 1.82) is 0 Å². The molecule has 16 heavy (non-hydrogen) atoms. The summed E-state index contributed by atoms with van der Waals surface area (Å²) in [5.74, 6) is 0.884. The first-order valence-electron chi connectivity index (χ1n) is 5.12. The van der Waals surface area contributed by atoms with Crippen LogP contribution in [-0.4, -0.2) is 19.0 Å². The molecule has 1 aromatic rings. The number of benzene rings is 1. The summed E-state index contributed by atoms with van der Waals surface area (Å²) in [6, 6.07) is 4.13. The van der Waals surface area contributed by atoms with E-state index in [1.165, 1.54) is 5.56 Å². The Bertz CT molecular complexity index is 391. The molecule has 4 heteroatoms. The molecule has 0 bridgehead atoms. The number of rotatable bonds is 4. The van der Waals surface area contributed by atoms with Crippen LogP contribution in [0.3, 0.4) is 0 Å². The lowest BCUT2D eigenvalue weighted by molar-refractivity contribution is 0.260. The summed E-state index contributed by atoms with van der Waals surface area (Å²) in [6.45, 7) is 4.56. The van der Waals surface area contributed by atoms with Crippen LogP contribution in [-0.2, 0) is 6.42 Å². The molecule has 1 amide bonds. The van der Waals surface area contributed by atoms with Crippen molar-refractivity contribution in [2.45, 2.75) is 20.3 Å². The molecule has 0 aliphatic carbocycles. The lowest BCUT2D eigenvalue weighted by atomic mass is 10.0. The van der Waals surface area contributed by atoms with E-state index in [1.807, 2.05) is 13.8 Å². The average Bonchev–Trinajstić information content (AvgIpc) is 2.16. The van der Waals surface area contributed by atoms with Crippen LogP contribution in [0.15, 0.2) is 12.1 Å². The number of aryl methyl sites for hydroxylation is 2. The topological polar surface area (TPSA) is 38.3 Å². The monoisotopic (exact) mass is 241 g/mol. The molecule has 1 N–H and O–H groups in total. The molecule has 0 unspecified atom stereocenters. The smallest absolute Gasteiger partial charge is 0.313 e. The van der Waals surface area contributed by atoms with Gasteiger partial charge in [0.05, 0.1) is 7.11 Å². The predicted molar refractivity (Wildman–Crippen MR) is 65.4 cm³/mol. The molecule has 3 nitrogen and oxygen atoms in total. The van der Waals surface area contributed by atoms with E-state index in [0.29, 0.717) is 13.0 Å². The molecule has 1 aromatic carbocycles. The van der Waals surface area contributed by atoms with Crippen molar-refractivity contribution < 1.29 is 9.53 Å². The van der Waals surface area contributed by atoms with Gasteiger partial charge in [0.15, 0.2) is 0 Å². The normalized spacial score (nSPS) is 10.0. The van der Waals surface area contributed by atoms with Gasteiger partial charge in [0.2, 0.25) is 0 Å². The van der Waals surface area contributed by atoms with Gasteiger partial charge >= 0.3 is 5.37 Å². The second-order valence-electron chi connectivity index (χ2n) is 3.72. The van der Waals surface area contributed by atoms with Gasteiger partial charge in [0.1, 0.15) is 5.75 Å². The number of amides is 1. The van der Waals surface area contributed by atoms with Gasteiger partial charge in [0.25, 0.3) is 0 Å². The predicted octanol–water partition coefficient (Wildman–Crippen LogP) is 2.80. The van der Waals surface area contributed by atoms with Crippen LogP contribution >= 0.6 is 11.6 Å². The Labute approximate surface area is 101 Å². The first-order chi connectivity index (χ1) is 7.54. The fourth-order valence-corrected chi connectivity index (χ4v) is 1.91.